The first kappa shape index (κ1) is 18.0. The van der Waals surface area contributed by atoms with Gasteiger partial charge in [-0.1, -0.05) is 6.07 Å². The molecule has 0 unspecified atom stereocenters. The van der Waals surface area contributed by atoms with Crippen molar-refractivity contribution in [3.05, 3.63) is 59.1 Å². The zero-order valence-corrected chi connectivity index (χ0v) is 14.4. The molecule has 1 N–H and O–H groups in total. The lowest BCUT2D eigenvalue weighted by molar-refractivity contribution is 0.0466. The summed E-state index contributed by atoms with van der Waals surface area (Å²) in [5.74, 6) is 0.199. The molecule has 1 aliphatic heterocycles. The van der Waals surface area contributed by atoms with Gasteiger partial charge < -0.3 is 9.52 Å². The van der Waals surface area contributed by atoms with E-state index in [4.69, 9.17) is 4.42 Å². The Morgan fingerprint density at radius 1 is 1.12 bits per heavy atom. The van der Waals surface area contributed by atoms with Gasteiger partial charge in [-0.05, 0) is 43.2 Å². The quantitative estimate of drug-likeness (QED) is 0.870. The average Bonchev–Trinajstić information content (AvgIpc) is 2.98. The summed E-state index contributed by atoms with van der Waals surface area (Å²) in [5.41, 5.74) is 0.747. The van der Waals surface area contributed by atoms with Crippen LogP contribution in [0.15, 0.2) is 34.7 Å². The van der Waals surface area contributed by atoms with E-state index in [-0.39, 0.29) is 12.6 Å². The first-order valence-electron chi connectivity index (χ1n) is 8.61. The molecule has 0 spiro atoms. The SMILES string of the molecule is Cc1ccc(CN2CCN(Cc3ccc(F)c(F)c3)[C@H](CCO)C2)o1. The number of rotatable bonds is 6. The van der Waals surface area contributed by atoms with E-state index in [1.165, 1.54) is 12.1 Å². The van der Waals surface area contributed by atoms with E-state index in [1.54, 1.807) is 6.07 Å². The average molecular weight is 350 g/mol. The molecule has 136 valence electrons. The molecule has 1 aliphatic rings. The molecule has 0 amide bonds. The van der Waals surface area contributed by atoms with Crippen LogP contribution in [0.4, 0.5) is 8.78 Å². The molecule has 1 fully saturated rings. The lowest BCUT2D eigenvalue weighted by Crippen LogP contribution is -2.52. The largest absolute Gasteiger partial charge is 0.465 e. The summed E-state index contributed by atoms with van der Waals surface area (Å²) in [5, 5.41) is 9.39. The standard InChI is InChI=1S/C19H24F2N2O2/c1-14-2-4-17(25-14)13-22-7-8-23(16(12-22)6-9-24)11-15-3-5-18(20)19(21)10-15/h2-5,10,16,24H,6-9,11-13H2,1H3/t16-/m1/s1. The van der Waals surface area contributed by atoms with Crippen LogP contribution in [-0.2, 0) is 13.1 Å². The lowest BCUT2D eigenvalue weighted by Gasteiger charge is -2.41. The molecule has 2 aromatic rings. The monoisotopic (exact) mass is 350 g/mol. The van der Waals surface area contributed by atoms with Gasteiger partial charge >= 0.3 is 0 Å². The molecule has 25 heavy (non-hydrogen) atoms. The Balaban J connectivity index is 1.63. The highest BCUT2D eigenvalue weighted by Gasteiger charge is 2.27. The summed E-state index contributed by atoms with van der Waals surface area (Å²) in [4.78, 5) is 4.53. The predicted molar refractivity (Wildman–Crippen MR) is 91.0 cm³/mol. The van der Waals surface area contributed by atoms with Gasteiger partial charge in [-0.15, -0.1) is 0 Å². The van der Waals surface area contributed by atoms with Gasteiger partial charge in [-0.3, -0.25) is 9.80 Å². The smallest absolute Gasteiger partial charge is 0.159 e. The van der Waals surface area contributed by atoms with Crippen molar-refractivity contribution >= 4 is 0 Å². The Hall–Kier alpha value is -1.76. The van der Waals surface area contributed by atoms with Crippen LogP contribution in [0.2, 0.25) is 0 Å². The fourth-order valence-corrected chi connectivity index (χ4v) is 3.39. The van der Waals surface area contributed by atoms with Crippen LogP contribution in [-0.4, -0.2) is 47.2 Å². The van der Waals surface area contributed by atoms with Crippen molar-refractivity contribution in [1.29, 1.82) is 0 Å². The van der Waals surface area contributed by atoms with E-state index in [9.17, 15) is 13.9 Å². The van der Waals surface area contributed by atoms with E-state index in [2.05, 4.69) is 9.80 Å². The normalized spacial score (nSPS) is 19.4. The number of hydrogen-bond acceptors (Lipinski definition) is 4. The number of halogens is 2. The van der Waals surface area contributed by atoms with Crippen molar-refractivity contribution in [3.63, 3.8) is 0 Å². The fourth-order valence-electron chi connectivity index (χ4n) is 3.39. The molecule has 1 aromatic carbocycles. The van der Waals surface area contributed by atoms with Gasteiger partial charge in [0.2, 0.25) is 0 Å². The molecule has 0 radical (unpaired) electrons. The molecule has 0 aliphatic carbocycles. The Kier molecular flexibility index (Phi) is 5.83. The number of nitrogens with zero attached hydrogens (tertiary/aromatic N) is 2. The van der Waals surface area contributed by atoms with E-state index in [0.717, 1.165) is 43.3 Å². The molecule has 3 rings (SSSR count). The molecule has 6 heteroatoms. The minimum atomic E-state index is -0.825. The van der Waals surface area contributed by atoms with Crippen LogP contribution >= 0.6 is 0 Å². The Morgan fingerprint density at radius 3 is 2.64 bits per heavy atom. The first-order chi connectivity index (χ1) is 12.0. The third-order valence-corrected chi connectivity index (χ3v) is 4.70. The molecule has 0 bridgehead atoms. The third kappa shape index (κ3) is 4.66. The van der Waals surface area contributed by atoms with Gasteiger partial charge in [0.1, 0.15) is 11.5 Å². The van der Waals surface area contributed by atoms with Crippen molar-refractivity contribution in [1.82, 2.24) is 9.80 Å². The maximum Gasteiger partial charge on any atom is 0.159 e. The molecule has 2 heterocycles. The Bertz CT molecular complexity index is 704. The molecular formula is C19H24F2N2O2. The molecule has 1 atom stereocenters. The minimum absolute atomic E-state index is 0.104. The van der Waals surface area contributed by atoms with E-state index >= 15 is 0 Å². The lowest BCUT2D eigenvalue weighted by atomic mass is 10.1. The number of aliphatic hydroxyl groups is 1. The molecule has 0 saturated carbocycles. The summed E-state index contributed by atoms with van der Waals surface area (Å²) < 4.78 is 32.2. The summed E-state index contributed by atoms with van der Waals surface area (Å²) in [6.07, 6.45) is 0.650. The highest BCUT2D eigenvalue weighted by molar-refractivity contribution is 5.18. The zero-order valence-electron chi connectivity index (χ0n) is 14.4. The number of furan rings is 1. The fraction of sp³-hybridized carbons (Fsp3) is 0.474. The van der Waals surface area contributed by atoms with Crippen LogP contribution in [0.1, 0.15) is 23.5 Å². The predicted octanol–water partition coefficient (Wildman–Crippen LogP) is 2.94. The van der Waals surface area contributed by atoms with Gasteiger partial charge in [0.25, 0.3) is 0 Å². The Morgan fingerprint density at radius 2 is 1.96 bits per heavy atom. The van der Waals surface area contributed by atoms with Crippen LogP contribution in [0.25, 0.3) is 0 Å². The second-order valence-electron chi connectivity index (χ2n) is 6.63. The van der Waals surface area contributed by atoms with Crippen LogP contribution in [0, 0.1) is 18.6 Å². The minimum Gasteiger partial charge on any atom is -0.465 e. The number of aliphatic hydroxyl groups excluding tert-OH is 1. The molecule has 1 saturated heterocycles. The van der Waals surface area contributed by atoms with E-state index in [1.807, 2.05) is 19.1 Å². The maximum atomic E-state index is 13.4. The zero-order chi connectivity index (χ0) is 17.8. The summed E-state index contributed by atoms with van der Waals surface area (Å²) in [6, 6.07) is 8.16. The van der Waals surface area contributed by atoms with Gasteiger partial charge in [0, 0.05) is 38.8 Å². The number of piperazine rings is 1. The van der Waals surface area contributed by atoms with Crippen LogP contribution in [0.3, 0.4) is 0 Å². The van der Waals surface area contributed by atoms with Gasteiger partial charge in [0.15, 0.2) is 11.6 Å². The number of aryl methyl sites for hydroxylation is 1. The second kappa shape index (κ2) is 8.08. The first-order valence-corrected chi connectivity index (χ1v) is 8.61. The molecular weight excluding hydrogens is 326 g/mol. The van der Waals surface area contributed by atoms with Crippen molar-refractivity contribution < 1.29 is 18.3 Å². The van der Waals surface area contributed by atoms with Crippen molar-refractivity contribution in [2.75, 3.05) is 26.2 Å². The number of benzene rings is 1. The van der Waals surface area contributed by atoms with Gasteiger partial charge in [0.05, 0.1) is 6.54 Å². The van der Waals surface area contributed by atoms with Gasteiger partial charge in [-0.25, -0.2) is 8.78 Å². The summed E-state index contributed by atoms with van der Waals surface area (Å²) >= 11 is 0. The van der Waals surface area contributed by atoms with E-state index < -0.39 is 11.6 Å². The van der Waals surface area contributed by atoms with Crippen molar-refractivity contribution in [3.8, 4) is 0 Å². The highest BCUT2D eigenvalue weighted by Crippen LogP contribution is 2.20. The van der Waals surface area contributed by atoms with Crippen molar-refractivity contribution in [2.24, 2.45) is 0 Å². The number of hydrogen-bond donors (Lipinski definition) is 1. The van der Waals surface area contributed by atoms with Gasteiger partial charge in [-0.2, -0.15) is 0 Å². The summed E-state index contributed by atoms with van der Waals surface area (Å²) in [7, 11) is 0. The van der Waals surface area contributed by atoms with Crippen LogP contribution in [0.5, 0.6) is 0 Å². The third-order valence-electron chi connectivity index (χ3n) is 4.70. The maximum absolute atomic E-state index is 13.4. The second-order valence-corrected chi connectivity index (χ2v) is 6.63. The molecule has 1 aromatic heterocycles. The van der Waals surface area contributed by atoms with E-state index in [0.29, 0.717) is 13.0 Å². The van der Waals surface area contributed by atoms with Crippen molar-refractivity contribution in [2.45, 2.75) is 32.5 Å². The highest BCUT2D eigenvalue weighted by atomic mass is 19.2. The Labute approximate surface area is 146 Å². The topological polar surface area (TPSA) is 39.9 Å². The summed E-state index contributed by atoms with van der Waals surface area (Å²) in [6.45, 7) is 5.81. The molecule has 4 nitrogen and oxygen atoms in total. The van der Waals surface area contributed by atoms with Crippen LogP contribution < -0.4 is 0 Å².